The van der Waals surface area contributed by atoms with Crippen molar-refractivity contribution in [1.82, 2.24) is 0 Å². The molecule has 0 heterocycles. The summed E-state index contributed by atoms with van der Waals surface area (Å²) in [5.74, 6) is -0.291. The first kappa shape index (κ1) is 16.8. The van der Waals surface area contributed by atoms with E-state index in [1.165, 1.54) is 12.7 Å². The Balaban J connectivity index is 0.000000924. The summed E-state index contributed by atoms with van der Waals surface area (Å²) < 4.78 is 4.91. The minimum atomic E-state index is -0.291. The summed E-state index contributed by atoms with van der Waals surface area (Å²) >= 11 is 0. The fraction of sp³-hybridized carbons (Fsp3) is 0.190. The number of carbonyl (C=O) groups excluding carboxylic acids is 1. The van der Waals surface area contributed by atoms with Crippen LogP contribution in [-0.2, 0) is 11.2 Å². The van der Waals surface area contributed by atoms with E-state index in [4.69, 9.17) is 4.74 Å². The quantitative estimate of drug-likeness (QED) is 0.618. The highest BCUT2D eigenvalue weighted by molar-refractivity contribution is 6.04. The van der Waals surface area contributed by atoms with Crippen LogP contribution in [-0.4, -0.2) is 13.1 Å². The number of methoxy groups -OCH3 is 1. The lowest BCUT2D eigenvalue weighted by Gasteiger charge is -2.09. The first-order valence-electron chi connectivity index (χ1n) is 7.92. The van der Waals surface area contributed by atoms with E-state index in [9.17, 15) is 4.79 Å². The minimum Gasteiger partial charge on any atom is -0.465 e. The summed E-state index contributed by atoms with van der Waals surface area (Å²) in [5.41, 5.74) is 2.96. The molecule has 23 heavy (non-hydrogen) atoms. The van der Waals surface area contributed by atoms with Gasteiger partial charge in [-0.1, -0.05) is 74.5 Å². The van der Waals surface area contributed by atoms with Crippen LogP contribution in [0, 0.1) is 0 Å². The van der Waals surface area contributed by atoms with E-state index < -0.39 is 0 Å². The van der Waals surface area contributed by atoms with Crippen LogP contribution in [0.25, 0.3) is 10.8 Å². The number of benzene rings is 3. The Morgan fingerprint density at radius 3 is 2.22 bits per heavy atom. The lowest BCUT2D eigenvalue weighted by atomic mass is 9.97. The fourth-order valence-corrected chi connectivity index (χ4v) is 2.59. The van der Waals surface area contributed by atoms with Gasteiger partial charge in [0.15, 0.2) is 0 Å². The SMILES string of the molecule is CC.COC(=O)c1cc(Cc2ccccc2)cc2ccccc12. The topological polar surface area (TPSA) is 26.3 Å². The molecule has 2 heteroatoms. The molecule has 0 amide bonds. The van der Waals surface area contributed by atoms with E-state index in [1.807, 2.05) is 62.4 Å². The molecule has 0 unspecified atom stereocenters. The molecule has 0 aliphatic rings. The van der Waals surface area contributed by atoms with Gasteiger partial charge in [0.25, 0.3) is 0 Å². The van der Waals surface area contributed by atoms with Gasteiger partial charge in [-0.25, -0.2) is 4.79 Å². The largest absolute Gasteiger partial charge is 0.465 e. The number of fused-ring (bicyclic) bond motifs is 1. The highest BCUT2D eigenvalue weighted by Gasteiger charge is 2.12. The van der Waals surface area contributed by atoms with Crippen LogP contribution >= 0.6 is 0 Å². The molecule has 3 aromatic carbocycles. The third-order valence-corrected chi connectivity index (χ3v) is 3.58. The predicted molar refractivity (Wildman–Crippen MR) is 95.9 cm³/mol. The first-order chi connectivity index (χ1) is 11.3. The van der Waals surface area contributed by atoms with Crippen molar-refractivity contribution in [2.45, 2.75) is 20.3 Å². The molecule has 0 saturated heterocycles. The minimum absolute atomic E-state index is 0.291. The number of ether oxygens (including phenoxy) is 1. The summed E-state index contributed by atoms with van der Waals surface area (Å²) in [5, 5.41) is 1.99. The van der Waals surface area contributed by atoms with E-state index in [0.717, 1.165) is 22.8 Å². The zero-order valence-corrected chi connectivity index (χ0v) is 13.9. The third-order valence-electron chi connectivity index (χ3n) is 3.58. The number of hydrogen-bond acceptors (Lipinski definition) is 2. The normalized spacial score (nSPS) is 9.87. The lowest BCUT2D eigenvalue weighted by molar-refractivity contribution is 0.0603. The lowest BCUT2D eigenvalue weighted by Crippen LogP contribution is -2.03. The molecule has 3 aromatic rings. The smallest absolute Gasteiger partial charge is 0.338 e. The molecule has 0 radical (unpaired) electrons. The molecule has 0 aliphatic carbocycles. The van der Waals surface area contributed by atoms with Crippen molar-refractivity contribution in [3.8, 4) is 0 Å². The molecular weight excluding hydrogens is 284 g/mol. The Morgan fingerprint density at radius 1 is 0.870 bits per heavy atom. The van der Waals surface area contributed by atoms with Gasteiger partial charge in [0.1, 0.15) is 0 Å². The zero-order valence-electron chi connectivity index (χ0n) is 13.9. The third kappa shape index (κ3) is 3.98. The molecule has 0 bridgehead atoms. The van der Waals surface area contributed by atoms with Gasteiger partial charge in [0.05, 0.1) is 12.7 Å². The van der Waals surface area contributed by atoms with E-state index in [-0.39, 0.29) is 5.97 Å². The van der Waals surface area contributed by atoms with Crippen LogP contribution in [0.1, 0.15) is 35.3 Å². The Labute approximate surface area is 137 Å². The van der Waals surface area contributed by atoms with Gasteiger partial charge in [-0.05, 0) is 34.4 Å². The first-order valence-corrected chi connectivity index (χ1v) is 7.92. The number of hydrogen-bond donors (Lipinski definition) is 0. The van der Waals surface area contributed by atoms with Crippen LogP contribution in [0.3, 0.4) is 0 Å². The van der Waals surface area contributed by atoms with Crippen molar-refractivity contribution in [2.24, 2.45) is 0 Å². The summed E-state index contributed by atoms with van der Waals surface area (Å²) in [6.45, 7) is 4.00. The van der Waals surface area contributed by atoms with Crippen molar-refractivity contribution in [1.29, 1.82) is 0 Å². The van der Waals surface area contributed by atoms with E-state index >= 15 is 0 Å². The summed E-state index contributed by atoms with van der Waals surface area (Å²) in [4.78, 5) is 12.0. The maximum absolute atomic E-state index is 12.0. The van der Waals surface area contributed by atoms with Crippen molar-refractivity contribution in [3.63, 3.8) is 0 Å². The Kier molecular flexibility index (Phi) is 5.93. The van der Waals surface area contributed by atoms with Crippen molar-refractivity contribution < 1.29 is 9.53 Å². The fourth-order valence-electron chi connectivity index (χ4n) is 2.59. The zero-order chi connectivity index (χ0) is 16.7. The molecule has 0 fully saturated rings. The monoisotopic (exact) mass is 306 g/mol. The van der Waals surface area contributed by atoms with E-state index in [0.29, 0.717) is 5.56 Å². The molecule has 0 N–H and O–H groups in total. The summed E-state index contributed by atoms with van der Waals surface area (Å²) in [6.07, 6.45) is 0.801. The molecule has 0 atom stereocenters. The van der Waals surface area contributed by atoms with Crippen LogP contribution in [0.4, 0.5) is 0 Å². The van der Waals surface area contributed by atoms with Crippen molar-refractivity contribution in [2.75, 3.05) is 7.11 Å². The van der Waals surface area contributed by atoms with Crippen LogP contribution in [0.15, 0.2) is 66.7 Å². The van der Waals surface area contributed by atoms with Gasteiger partial charge < -0.3 is 4.74 Å². The van der Waals surface area contributed by atoms with Gasteiger partial charge in [0.2, 0.25) is 0 Å². The van der Waals surface area contributed by atoms with Gasteiger partial charge in [-0.15, -0.1) is 0 Å². The second kappa shape index (κ2) is 8.14. The molecule has 0 spiro atoms. The highest BCUT2D eigenvalue weighted by atomic mass is 16.5. The second-order valence-electron chi connectivity index (χ2n) is 5.02. The number of carbonyl (C=O) groups is 1. The Morgan fingerprint density at radius 2 is 1.52 bits per heavy atom. The van der Waals surface area contributed by atoms with E-state index in [1.54, 1.807) is 0 Å². The van der Waals surface area contributed by atoms with Gasteiger partial charge in [-0.2, -0.15) is 0 Å². The van der Waals surface area contributed by atoms with Crippen molar-refractivity contribution in [3.05, 3.63) is 83.4 Å². The summed E-state index contributed by atoms with van der Waals surface area (Å²) in [6, 6.07) is 22.2. The molecule has 0 saturated carbocycles. The van der Waals surface area contributed by atoms with Gasteiger partial charge in [-0.3, -0.25) is 0 Å². The average molecular weight is 306 g/mol. The van der Waals surface area contributed by atoms with Crippen LogP contribution in [0.2, 0.25) is 0 Å². The van der Waals surface area contributed by atoms with Crippen LogP contribution < -0.4 is 0 Å². The molecule has 2 nitrogen and oxygen atoms in total. The maximum Gasteiger partial charge on any atom is 0.338 e. The highest BCUT2D eigenvalue weighted by Crippen LogP contribution is 2.23. The molecule has 0 aliphatic heterocycles. The maximum atomic E-state index is 12.0. The molecule has 118 valence electrons. The van der Waals surface area contributed by atoms with Crippen LogP contribution in [0.5, 0.6) is 0 Å². The second-order valence-corrected chi connectivity index (χ2v) is 5.02. The average Bonchev–Trinajstić information content (AvgIpc) is 2.63. The molecular formula is C21H22O2. The predicted octanol–water partition coefficient (Wildman–Crippen LogP) is 5.24. The van der Waals surface area contributed by atoms with E-state index in [2.05, 4.69) is 18.2 Å². The van der Waals surface area contributed by atoms with Gasteiger partial charge >= 0.3 is 5.97 Å². The molecule has 0 aromatic heterocycles. The standard InChI is InChI=1S/C19H16O2.C2H6/c1-21-19(20)18-13-15(11-14-7-3-2-4-8-14)12-16-9-5-6-10-17(16)18;1-2/h2-10,12-13H,11H2,1H3;1-2H3. The van der Waals surface area contributed by atoms with Gasteiger partial charge in [0, 0.05) is 0 Å². The van der Waals surface area contributed by atoms with Crippen molar-refractivity contribution >= 4 is 16.7 Å². The summed E-state index contributed by atoms with van der Waals surface area (Å²) in [7, 11) is 1.42. The Hall–Kier alpha value is -2.61. The Bertz CT molecular complexity index is 776. The number of rotatable bonds is 3. The number of esters is 1. The molecule has 3 rings (SSSR count).